The predicted molar refractivity (Wildman–Crippen MR) is 45.5 cm³/mol. The van der Waals surface area contributed by atoms with E-state index < -0.39 is 16.7 Å². The maximum atomic E-state index is 11.7. The Hall–Kier alpha value is -1.01. The summed E-state index contributed by atoms with van der Waals surface area (Å²) < 4.78 is 49.0. The smallest absolute Gasteiger partial charge is 0.199 e. The third-order valence-electron chi connectivity index (χ3n) is 1.51. The van der Waals surface area contributed by atoms with Crippen molar-refractivity contribution < 1.29 is 21.4 Å². The Kier molecular flexibility index (Phi) is 3.17. The van der Waals surface area contributed by atoms with Crippen LogP contribution >= 0.6 is 0 Å². The fourth-order valence-corrected chi connectivity index (χ4v) is 1.63. The molecule has 0 atom stereocenters. The van der Waals surface area contributed by atoms with Gasteiger partial charge in [0, 0.05) is 0 Å². The SMILES string of the molecule is Cc1ccc(S(=O)(=O)OC(F)F)cc1. The molecular weight excluding hydrogens is 214 g/mol. The van der Waals surface area contributed by atoms with Crippen LogP contribution < -0.4 is 0 Å². The van der Waals surface area contributed by atoms with Crippen LogP contribution in [-0.2, 0) is 14.3 Å². The van der Waals surface area contributed by atoms with Crippen molar-refractivity contribution in [3.8, 4) is 0 Å². The van der Waals surface area contributed by atoms with Gasteiger partial charge in [-0.25, -0.2) is 0 Å². The summed E-state index contributed by atoms with van der Waals surface area (Å²) in [7, 11) is -4.33. The van der Waals surface area contributed by atoms with Gasteiger partial charge in [0.2, 0.25) is 0 Å². The minimum atomic E-state index is -4.33. The molecule has 0 saturated carbocycles. The first-order valence-electron chi connectivity index (χ1n) is 3.70. The molecule has 0 bridgehead atoms. The molecule has 1 rings (SSSR count). The molecule has 0 unspecified atom stereocenters. The lowest BCUT2D eigenvalue weighted by atomic mass is 10.2. The highest BCUT2D eigenvalue weighted by molar-refractivity contribution is 7.86. The summed E-state index contributed by atoms with van der Waals surface area (Å²) in [5, 5.41) is 0. The van der Waals surface area contributed by atoms with Crippen molar-refractivity contribution in [2.75, 3.05) is 0 Å². The minimum Gasteiger partial charge on any atom is -0.199 e. The molecule has 0 radical (unpaired) electrons. The van der Waals surface area contributed by atoms with Crippen molar-refractivity contribution in [2.24, 2.45) is 0 Å². The van der Waals surface area contributed by atoms with Gasteiger partial charge in [-0.15, -0.1) is 0 Å². The summed E-state index contributed by atoms with van der Waals surface area (Å²) in [4.78, 5) is -0.275. The largest absolute Gasteiger partial charge is 0.359 e. The number of hydrogen-bond donors (Lipinski definition) is 0. The zero-order valence-electron chi connectivity index (χ0n) is 7.28. The first-order chi connectivity index (χ1) is 6.42. The van der Waals surface area contributed by atoms with Gasteiger partial charge in [-0.1, -0.05) is 17.7 Å². The number of hydrogen-bond acceptors (Lipinski definition) is 3. The van der Waals surface area contributed by atoms with Crippen molar-refractivity contribution in [1.29, 1.82) is 0 Å². The molecule has 0 N–H and O–H groups in total. The molecule has 0 aromatic heterocycles. The van der Waals surface area contributed by atoms with E-state index in [1.807, 2.05) is 0 Å². The molecule has 1 aromatic carbocycles. The van der Waals surface area contributed by atoms with Gasteiger partial charge in [0.05, 0.1) is 4.90 Å². The Morgan fingerprint density at radius 1 is 1.21 bits per heavy atom. The summed E-state index contributed by atoms with van der Waals surface area (Å²) in [6, 6.07) is 5.43. The van der Waals surface area contributed by atoms with Gasteiger partial charge in [0.25, 0.3) is 0 Å². The number of halogens is 2. The number of aryl methyl sites for hydroxylation is 1. The summed E-state index contributed by atoms with van der Waals surface area (Å²) in [6.45, 7) is -1.58. The lowest BCUT2D eigenvalue weighted by Gasteiger charge is -2.03. The molecule has 0 spiro atoms. The summed E-state index contributed by atoms with van der Waals surface area (Å²) in [6.07, 6.45) is 0. The Bertz CT molecular complexity index is 397. The van der Waals surface area contributed by atoms with Gasteiger partial charge in [-0.3, -0.25) is 0 Å². The second-order valence-electron chi connectivity index (χ2n) is 2.62. The van der Waals surface area contributed by atoms with Crippen LogP contribution in [0.25, 0.3) is 0 Å². The van der Waals surface area contributed by atoms with Gasteiger partial charge in [0.15, 0.2) is 0 Å². The molecule has 0 saturated heterocycles. The molecule has 0 amide bonds. The first kappa shape index (κ1) is 11.1. The van der Waals surface area contributed by atoms with E-state index >= 15 is 0 Å². The van der Waals surface area contributed by atoms with E-state index in [-0.39, 0.29) is 4.90 Å². The van der Waals surface area contributed by atoms with Crippen molar-refractivity contribution in [3.63, 3.8) is 0 Å². The highest BCUT2D eigenvalue weighted by Crippen LogP contribution is 2.15. The Morgan fingerprint density at radius 2 is 1.71 bits per heavy atom. The summed E-state index contributed by atoms with van der Waals surface area (Å²) >= 11 is 0. The van der Waals surface area contributed by atoms with Gasteiger partial charge >= 0.3 is 16.7 Å². The number of benzene rings is 1. The number of rotatable bonds is 3. The maximum absolute atomic E-state index is 11.7. The second kappa shape index (κ2) is 4.02. The molecular formula is C8H8F2O3S. The van der Waals surface area contributed by atoms with Crippen LogP contribution in [0.1, 0.15) is 5.56 Å². The third-order valence-corrected chi connectivity index (χ3v) is 2.76. The van der Waals surface area contributed by atoms with E-state index in [0.717, 1.165) is 5.56 Å². The summed E-state index contributed by atoms with van der Waals surface area (Å²) in [5.74, 6) is 0. The van der Waals surface area contributed by atoms with Crippen LogP contribution in [0.2, 0.25) is 0 Å². The van der Waals surface area contributed by atoms with E-state index in [1.165, 1.54) is 24.3 Å². The van der Waals surface area contributed by atoms with Gasteiger partial charge in [0.1, 0.15) is 0 Å². The average Bonchev–Trinajstić information content (AvgIpc) is 2.02. The molecule has 3 nitrogen and oxygen atoms in total. The first-order valence-corrected chi connectivity index (χ1v) is 5.11. The number of alkyl halides is 2. The monoisotopic (exact) mass is 222 g/mol. The molecule has 0 fully saturated rings. The van der Waals surface area contributed by atoms with Crippen LogP contribution in [0.3, 0.4) is 0 Å². The topological polar surface area (TPSA) is 43.4 Å². The van der Waals surface area contributed by atoms with E-state index in [2.05, 4.69) is 4.18 Å². The fraction of sp³-hybridized carbons (Fsp3) is 0.250. The van der Waals surface area contributed by atoms with E-state index in [4.69, 9.17) is 0 Å². The van der Waals surface area contributed by atoms with Crippen molar-refractivity contribution in [1.82, 2.24) is 0 Å². The van der Waals surface area contributed by atoms with Crippen molar-refractivity contribution >= 4 is 10.1 Å². The van der Waals surface area contributed by atoms with Crippen LogP contribution in [0.5, 0.6) is 0 Å². The standard InChI is InChI=1S/C8H8F2O3S/c1-6-2-4-7(5-3-6)14(11,12)13-8(9)10/h2-5,8H,1H3. The summed E-state index contributed by atoms with van der Waals surface area (Å²) in [5.41, 5.74) is 0.834. The van der Waals surface area contributed by atoms with E-state index in [9.17, 15) is 17.2 Å². The van der Waals surface area contributed by atoms with Gasteiger partial charge < -0.3 is 0 Å². The van der Waals surface area contributed by atoms with Crippen LogP contribution in [0.15, 0.2) is 29.2 Å². The van der Waals surface area contributed by atoms with Gasteiger partial charge in [-0.2, -0.15) is 21.4 Å². The quantitative estimate of drug-likeness (QED) is 0.734. The minimum absolute atomic E-state index is 0.275. The molecule has 0 aliphatic heterocycles. The highest BCUT2D eigenvalue weighted by Gasteiger charge is 2.20. The van der Waals surface area contributed by atoms with Crippen molar-refractivity contribution in [2.45, 2.75) is 18.4 Å². The fourth-order valence-electron chi connectivity index (χ4n) is 0.856. The lowest BCUT2D eigenvalue weighted by Crippen LogP contribution is -2.10. The molecule has 14 heavy (non-hydrogen) atoms. The van der Waals surface area contributed by atoms with Gasteiger partial charge in [-0.05, 0) is 19.1 Å². The third kappa shape index (κ3) is 2.74. The normalized spacial score (nSPS) is 12.0. The maximum Gasteiger partial charge on any atom is 0.359 e. The molecule has 0 heterocycles. The average molecular weight is 222 g/mol. The lowest BCUT2D eigenvalue weighted by molar-refractivity contribution is -0.0445. The van der Waals surface area contributed by atoms with Crippen LogP contribution in [0.4, 0.5) is 8.78 Å². The second-order valence-corrected chi connectivity index (χ2v) is 4.20. The zero-order chi connectivity index (χ0) is 10.8. The molecule has 6 heteroatoms. The highest BCUT2D eigenvalue weighted by atomic mass is 32.2. The Balaban J connectivity index is 2.99. The molecule has 0 aliphatic rings. The van der Waals surface area contributed by atoms with E-state index in [0.29, 0.717) is 0 Å². The Labute approximate surface area is 80.4 Å². The van der Waals surface area contributed by atoms with Crippen LogP contribution in [0, 0.1) is 6.92 Å². The molecule has 0 aliphatic carbocycles. The molecule has 1 aromatic rings. The molecule has 78 valence electrons. The van der Waals surface area contributed by atoms with Crippen molar-refractivity contribution in [3.05, 3.63) is 29.8 Å². The van der Waals surface area contributed by atoms with E-state index in [1.54, 1.807) is 6.92 Å². The van der Waals surface area contributed by atoms with Crippen LogP contribution in [-0.4, -0.2) is 15.0 Å². The Morgan fingerprint density at radius 3 is 2.14 bits per heavy atom. The predicted octanol–water partition coefficient (Wildman–Crippen LogP) is 1.92. The zero-order valence-corrected chi connectivity index (χ0v) is 8.09.